The van der Waals surface area contributed by atoms with Crippen molar-refractivity contribution in [3.8, 4) is 0 Å². The number of hydrogen-bond acceptors (Lipinski definition) is 2. The zero-order valence-corrected chi connectivity index (χ0v) is 16.7. The second kappa shape index (κ2) is 7.94. The minimum Gasteiger partial charge on any atom is -0.319 e. The van der Waals surface area contributed by atoms with E-state index in [2.05, 4.69) is 26.3 Å². The molecule has 0 aliphatic heterocycles. The van der Waals surface area contributed by atoms with E-state index in [0.717, 1.165) is 4.68 Å². The molecule has 0 saturated heterocycles. The Labute approximate surface area is 170 Å². The van der Waals surface area contributed by atoms with Crippen molar-refractivity contribution in [2.45, 2.75) is 20.4 Å². The predicted molar refractivity (Wildman–Crippen MR) is 99.1 cm³/mol. The lowest BCUT2D eigenvalue weighted by molar-refractivity contribution is 0.102. The van der Waals surface area contributed by atoms with Gasteiger partial charge in [-0.15, -0.1) is 0 Å². The Morgan fingerprint density at radius 3 is 2.14 bits per heavy atom. The van der Waals surface area contributed by atoms with Gasteiger partial charge in [-0.05, 0) is 41.9 Å². The molecule has 2 aromatic carbocycles. The van der Waals surface area contributed by atoms with E-state index in [0.29, 0.717) is 15.7 Å². The Balaban J connectivity index is 1.95. The normalized spacial score (nSPS) is 11.0. The van der Waals surface area contributed by atoms with E-state index in [9.17, 15) is 26.7 Å². The molecule has 0 atom stereocenters. The van der Waals surface area contributed by atoms with Gasteiger partial charge >= 0.3 is 0 Å². The third-order valence-electron chi connectivity index (χ3n) is 4.35. The number of nitrogens with zero attached hydrogens (tertiary/aromatic N) is 2. The minimum absolute atomic E-state index is 0.273. The molecule has 4 nitrogen and oxygen atoms in total. The van der Waals surface area contributed by atoms with Gasteiger partial charge in [-0.3, -0.25) is 9.48 Å². The lowest BCUT2D eigenvalue weighted by atomic mass is 10.1. The summed E-state index contributed by atoms with van der Waals surface area (Å²) in [6.45, 7) is 2.34. The fourth-order valence-corrected chi connectivity index (χ4v) is 3.26. The van der Waals surface area contributed by atoms with Crippen LogP contribution in [0.25, 0.3) is 0 Å². The summed E-state index contributed by atoms with van der Waals surface area (Å²) in [5.41, 5.74) is 0.197. The molecular formula is C19H13BrF5N3O. The lowest BCUT2D eigenvalue weighted by Gasteiger charge is -2.10. The molecule has 0 aliphatic rings. The Kier molecular flexibility index (Phi) is 5.74. The van der Waals surface area contributed by atoms with Crippen LogP contribution in [-0.4, -0.2) is 15.7 Å². The van der Waals surface area contributed by atoms with Crippen molar-refractivity contribution in [3.05, 3.63) is 80.3 Å². The molecular weight excluding hydrogens is 461 g/mol. The van der Waals surface area contributed by atoms with Gasteiger partial charge in [0.25, 0.3) is 5.91 Å². The first-order valence-corrected chi connectivity index (χ1v) is 9.03. The molecule has 3 aromatic rings. The average Bonchev–Trinajstić information content (AvgIpc) is 2.95. The van der Waals surface area contributed by atoms with Crippen molar-refractivity contribution < 1.29 is 26.7 Å². The van der Waals surface area contributed by atoms with Gasteiger partial charge in [0.05, 0.1) is 34.7 Å². The van der Waals surface area contributed by atoms with Crippen LogP contribution in [0.1, 0.15) is 27.3 Å². The Morgan fingerprint density at radius 1 is 1.00 bits per heavy atom. The van der Waals surface area contributed by atoms with E-state index < -0.39 is 47.1 Å². The standard InChI is InChI=1S/C19H13BrF5N3O/c1-8-18(26-19(29)10-5-3-4-6-12(10)20)9(2)28(27-8)7-11-13(21)15(23)17(25)16(24)14(11)22/h3-6H,7H2,1-2H3,(H,26,29). The van der Waals surface area contributed by atoms with Gasteiger partial charge in [-0.25, -0.2) is 22.0 Å². The van der Waals surface area contributed by atoms with E-state index in [1.165, 1.54) is 13.8 Å². The molecule has 0 saturated carbocycles. The summed E-state index contributed by atoms with van der Waals surface area (Å²) in [4.78, 5) is 12.5. The van der Waals surface area contributed by atoms with Crippen molar-refractivity contribution in [1.29, 1.82) is 0 Å². The summed E-state index contributed by atoms with van der Waals surface area (Å²) in [5.74, 6) is -10.6. The van der Waals surface area contributed by atoms with E-state index in [1.807, 2.05) is 0 Å². The molecule has 1 N–H and O–H groups in total. The molecule has 0 fully saturated rings. The highest BCUT2D eigenvalue weighted by Gasteiger charge is 2.27. The number of anilines is 1. The van der Waals surface area contributed by atoms with E-state index in [4.69, 9.17) is 0 Å². The van der Waals surface area contributed by atoms with Crippen LogP contribution in [0.2, 0.25) is 0 Å². The molecule has 29 heavy (non-hydrogen) atoms. The van der Waals surface area contributed by atoms with E-state index in [1.54, 1.807) is 24.3 Å². The Bertz CT molecular complexity index is 1100. The molecule has 10 heteroatoms. The van der Waals surface area contributed by atoms with Crippen LogP contribution in [0.3, 0.4) is 0 Å². The monoisotopic (exact) mass is 473 g/mol. The third kappa shape index (κ3) is 3.76. The van der Waals surface area contributed by atoms with Crippen LogP contribution in [-0.2, 0) is 6.54 Å². The highest BCUT2D eigenvalue weighted by Crippen LogP contribution is 2.27. The number of benzene rings is 2. The molecule has 1 heterocycles. The van der Waals surface area contributed by atoms with Crippen molar-refractivity contribution in [3.63, 3.8) is 0 Å². The van der Waals surface area contributed by atoms with Gasteiger partial charge in [0.15, 0.2) is 23.3 Å². The lowest BCUT2D eigenvalue weighted by Crippen LogP contribution is -2.15. The van der Waals surface area contributed by atoms with Crippen molar-refractivity contribution in [2.24, 2.45) is 0 Å². The quantitative estimate of drug-likeness (QED) is 0.319. The van der Waals surface area contributed by atoms with Crippen molar-refractivity contribution in [2.75, 3.05) is 5.32 Å². The topological polar surface area (TPSA) is 46.9 Å². The summed E-state index contributed by atoms with van der Waals surface area (Å²) >= 11 is 3.27. The second-order valence-electron chi connectivity index (χ2n) is 6.19. The van der Waals surface area contributed by atoms with Crippen LogP contribution < -0.4 is 5.32 Å². The molecule has 1 amide bonds. The number of halogens is 6. The van der Waals surface area contributed by atoms with Gasteiger partial charge in [0.1, 0.15) is 0 Å². The van der Waals surface area contributed by atoms with E-state index >= 15 is 0 Å². The van der Waals surface area contributed by atoms with Gasteiger partial charge in [0.2, 0.25) is 5.82 Å². The molecule has 0 radical (unpaired) electrons. The first-order chi connectivity index (χ1) is 13.6. The third-order valence-corrected chi connectivity index (χ3v) is 5.04. The molecule has 0 aliphatic carbocycles. The average molecular weight is 474 g/mol. The number of hydrogen-bond donors (Lipinski definition) is 1. The van der Waals surface area contributed by atoms with Crippen LogP contribution in [0, 0.1) is 42.9 Å². The minimum atomic E-state index is -2.22. The number of aryl methyl sites for hydroxylation is 1. The maximum absolute atomic E-state index is 14.0. The summed E-state index contributed by atoms with van der Waals surface area (Å²) in [7, 11) is 0. The summed E-state index contributed by atoms with van der Waals surface area (Å²) < 4.78 is 69.6. The molecule has 3 rings (SSSR count). The smallest absolute Gasteiger partial charge is 0.256 e. The Morgan fingerprint density at radius 2 is 1.55 bits per heavy atom. The summed E-state index contributed by atoms with van der Waals surface area (Å²) in [6, 6.07) is 6.68. The molecule has 0 bridgehead atoms. The van der Waals surface area contributed by atoms with Gasteiger partial charge in [-0.2, -0.15) is 5.10 Å². The Hall–Kier alpha value is -2.75. The maximum Gasteiger partial charge on any atom is 0.256 e. The second-order valence-corrected chi connectivity index (χ2v) is 7.04. The molecule has 152 valence electrons. The highest BCUT2D eigenvalue weighted by molar-refractivity contribution is 9.10. The van der Waals surface area contributed by atoms with E-state index in [-0.39, 0.29) is 11.4 Å². The van der Waals surface area contributed by atoms with Gasteiger partial charge in [0, 0.05) is 4.47 Å². The first kappa shape index (κ1) is 21.0. The SMILES string of the molecule is Cc1nn(Cc2c(F)c(F)c(F)c(F)c2F)c(C)c1NC(=O)c1ccccc1Br. The number of rotatable bonds is 4. The number of amides is 1. The van der Waals surface area contributed by atoms with Crippen molar-refractivity contribution >= 4 is 27.5 Å². The fraction of sp³-hybridized carbons (Fsp3) is 0.158. The number of carbonyl (C=O) groups is 1. The summed E-state index contributed by atoms with van der Waals surface area (Å²) in [6.07, 6.45) is 0. The number of nitrogens with one attached hydrogen (secondary N) is 1. The largest absolute Gasteiger partial charge is 0.319 e. The molecule has 0 unspecified atom stereocenters. The summed E-state index contributed by atoms with van der Waals surface area (Å²) in [5, 5.41) is 6.71. The fourth-order valence-electron chi connectivity index (χ4n) is 2.80. The first-order valence-electron chi connectivity index (χ1n) is 8.23. The van der Waals surface area contributed by atoms with Crippen LogP contribution >= 0.6 is 15.9 Å². The van der Waals surface area contributed by atoms with Crippen LogP contribution in [0.15, 0.2) is 28.7 Å². The predicted octanol–water partition coefficient (Wildman–Crippen LogP) is 5.26. The highest BCUT2D eigenvalue weighted by atomic mass is 79.9. The molecule has 1 aromatic heterocycles. The maximum atomic E-state index is 14.0. The van der Waals surface area contributed by atoms with Crippen LogP contribution in [0.4, 0.5) is 27.6 Å². The molecule has 0 spiro atoms. The number of aromatic nitrogens is 2. The van der Waals surface area contributed by atoms with Gasteiger partial charge in [-0.1, -0.05) is 12.1 Å². The van der Waals surface area contributed by atoms with Crippen LogP contribution in [0.5, 0.6) is 0 Å². The zero-order valence-electron chi connectivity index (χ0n) is 15.1. The van der Waals surface area contributed by atoms with Gasteiger partial charge < -0.3 is 5.32 Å². The van der Waals surface area contributed by atoms with Crippen molar-refractivity contribution in [1.82, 2.24) is 9.78 Å². The zero-order chi connectivity index (χ0) is 21.5. The number of carbonyl (C=O) groups excluding carboxylic acids is 1.